The van der Waals surface area contributed by atoms with Crippen LogP contribution in [-0.2, 0) is 0 Å². The van der Waals surface area contributed by atoms with E-state index in [1.54, 1.807) is 0 Å². The van der Waals surface area contributed by atoms with E-state index in [2.05, 4.69) is 26.0 Å². The second-order valence-corrected chi connectivity index (χ2v) is 5.52. The molecule has 0 unspecified atom stereocenters. The molecule has 0 aromatic heterocycles. The smallest absolute Gasteiger partial charge is 0.137 e. The van der Waals surface area contributed by atoms with E-state index in [-0.39, 0.29) is 0 Å². The second-order valence-electron chi connectivity index (χ2n) is 5.52. The Morgan fingerprint density at radius 2 is 1.50 bits per heavy atom. The van der Waals surface area contributed by atoms with Gasteiger partial charge in [0.2, 0.25) is 0 Å². The first-order valence-corrected chi connectivity index (χ1v) is 8.02. The summed E-state index contributed by atoms with van der Waals surface area (Å²) in [5, 5.41) is 10.0. The van der Waals surface area contributed by atoms with Crippen molar-refractivity contribution in [3.8, 4) is 16.9 Å². The predicted molar refractivity (Wildman–Crippen MR) is 90.3 cm³/mol. The van der Waals surface area contributed by atoms with Crippen LogP contribution in [0.1, 0.15) is 13.8 Å². The molecule has 0 aliphatic heterocycles. The predicted octanol–water partition coefficient (Wildman–Crippen LogP) is 2.02. The van der Waals surface area contributed by atoms with Crippen molar-refractivity contribution >= 4 is 0 Å². The number of quaternary nitrogens is 1. The van der Waals surface area contributed by atoms with Gasteiger partial charge >= 0.3 is 0 Å². The van der Waals surface area contributed by atoms with Crippen molar-refractivity contribution < 1.29 is 14.7 Å². The maximum Gasteiger partial charge on any atom is 0.137 e. The van der Waals surface area contributed by atoms with Crippen LogP contribution in [0.3, 0.4) is 0 Å². The molecule has 2 aromatic carbocycles. The lowest BCUT2D eigenvalue weighted by molar-refractivity contribution is -0.899. The molecule has 118 valence electrons. The van der Waals surface area contributed by atoms with E-state index in [1.165, 1.54) is 16.0 Å². The molecule has 22 heavy (non-hydrogen) atoms. The monoisotopic (exact) mass is 300 g/mol. The van der Waals surface area contributed by atoms with Gasteiger partial charge in [0.15, 0.2) is 0 Å². The molecule has 3 heteroatoms. The fourth-order valence-corrected chi connectivity index (χ4v) is 2.50. The molecule has 0 bridgehead atoms. The van der Waals surface area contributed by atoms with Gasteiger partial charge < -0.3 is 14.7 Å². The molecule has 0 heterocycles. The van der Waals surface area contributed by atoms with Gasteiger partial charge in [-0.2, -0.15) is 0 Å². The number of aliphatic hydroxyl groups is 1. The molecule has 2 N–H and O–H groups in total. The van der Waals surface area contributed by atoms with Crippen molar-refractivity contribution in [1.29, 1.82) is 0 Å². The highest BCUT2D eigenvalue weighted by Crippen LogP contribution is 2.21. The summed E-state index contributed by atoms with van der Waals surface area (Å²) in [5.74, 6) is 0.799. The minimum atomic E-state index is -0.427. The fraction of sp³-hybridized carbons (Fsp3) is 0.368. The number of likely N-dealkylation sites (N-methyl/N-ethyl adjacent to an activating group) is 1. The van der Waals surface area contributed by atoms with Gasteiger partial charge in [0.1, 0.15) is 25.0 Å². The van der Waals surface area contributed by atoms with E-state index in [4.69, 9.17) is 4.74 Å². The molecule has 0 fully saturated rings. The fourth-order valence-electron chi connectivity index (χ4n) is 2.50. The molecule has 2 aromatic rings. The summed E-state index contributed by atoms with van der Waals surface area (Å²) in [4.78, 5) is 1.38. The number of ether oxygens (including phenoxy) is 1. The molecular weight excluding hydrogens is 274 g/mol. The number of hydrogen-bond acceptors (Lipinski definition) is 2. The topological polar surface area (TPSA) is 33.9 Å². The van der Waals surface area contributed by atoms with E-state index in [0.717, 1.165) is 25.4 Å². The Bertz CT molecular complexity index is 535. The van der Waals surface area contributed by atoms with Crippen LogP contribution >= 0.6 is 0 Å². The maximum absolute atomic E-state index is 10.0. The largest absolute Gasteiger partial charge is 0.491 e. The van der Waals surface area contributed by atoms with Crippen molar-refractivity contribution in [2.24, 2.45) is 0 Å². The molecule has 0 aliphatic rings. The maximum atomic E-state index is 10.0. The average molecular weight is 300 g/mol. The van der Waals surface area contributed by atoms with Gasteiger partial charge in [-0.3, -0.25) is 0 Å². The summed E-state index contributed by atoms with van der Waals surface area (Å²) in [6.07, 6.45) is -0.427. The summed E-state index contributed by atoms with van der Waals surface area (Å²) in [7, 11) is 0. The van der Waals surface area contributed by atoms with Gasteiger partial charge in [-0.05, 0) is 37.1 Å². The quantitative estimate of drug-likeness (QED) is 0.782. The molecule has 0 spiro atoms. The third kappa shape index (κ3) is 4.86. The molecule has 1 atom stereocenters. The third-order valence-corrected chi connectivity index (χ3v) is 3.93. The summed E-state index contributed by atoms with van der Waals surface area (Å²) < 4.78 is 5.69. The van der Waals surface area contributed by atoms with Gasteiger partial charge in [-0.25, -0.2) is 0 Å². The molecule has 0 amide bonds. The van der Waals surface area contributed by atoms with Crippen LogP contribution in [0.15, 0.2) is 54.6 Å². The highest BCUT2D eigenvalue weighted by molar-refractivity contribution is 5.63. The van der Waals surface area contributed by atoms with Gasteiger partial charge in [-0.15, -0.1) is 0 Å². The number of aliphatic hydroxyl groups excluding tert-OH is 1. The first-order chi connectivity index (χ1) is 10.7. The summed E-state index contributed by atoms with van der Waals surface area (Å²) in [6, 6.07) is 18.3. The zero-order chi connectivity index (χ0) is 15.8. The molecule has 2 rings (SSSR count). The summed E-state index contributed by atoms with van der Waals surface area (Å²) in [5.41, 5.74) is 2.36. The molecular formula is C19H26NO2+. The Balaban J connectivity index is 1.86. The van der Waals surface area contributed by atoms with Crippen LogP contribution in [-0.4, -0.2) is 37.5 Å². The standard InChI is InChI=1S/C19H25NO2/c1-3-20(4-2)14-18(21)15-22-19-12-10-17(11-13-19)16-8-6-5-7-9-16/h5-13,18,21H,3-4,14-15H2,1-2H3/p+1/t18-/m0/s1. The second kappa shape index (κ2) is 8.57. The Hall–Kier alpha value is -1.84. The van der Waals surface area contributed by atoms with E-state index in [0.29, 0.717) is 6.61 Å². The third-order valence-electron chi connectivity index (χ3n) is 3.93. The van der Waals surface area contributed by atoms with E-state index in [9.17, 15) is 5.11 Å². The average Bonchev–Trinajstić information content (AvgIpc) is 2.59. The highest BCUT2D eigenvalue weighted by atomic mass is 16.5. The SMILES string of the molecule is CC[NH+](CC)C[C@H](O)COc1ccc(-c2ccccc2)cc1. The Morgan fingerprint density at radius 1 is 0.909 bits per heavy atom. The number of benzene rings is 2. The number of nitrogens with one attached hydrogen (secondary N) is 1. The van der Waals surface area contributed by atoms with Crippen molar-refractivity contribution in [2.75, 3.05) is 26.2 Å². The van der Waals surface area contributed by atoms with Crippen molar-refractivity contribution in [3.63, 3.8) is 0 Å². The molecule has 0 radical (unpaired) electrons. The minimum absolute atomic E-state index is 0.341. The van der Waals surface area contributed by atoms with Gasteiger partial charge in [-0.1, -0.05) is 42.5 Å². The lowest BCUT2D eigenvalue weighted by Gasteiger charge is -2.19. The number of hydrogen-bond donors (Lipinski definition) is 2. The zero-order valence-electron chi connectivity index (χ0n) is 13.5. The normalized spacial score (nSPS) is 12.4. The summed E-state index contributed by atoms with van der Waals surface area (Å²) in [6.45, 7) is 7.39. The first kappa shape index (κ1) is 16.5. The van der Waals surface area contributed by atoms with Gasteiger partial charge in [0, 0.05) is 0 Å². The molecule has 0 aliphatic carbocycles. The van der Waals surface area contributed by atoms with Crippen LogP contribution in [0.25, 0.3) is 11.1 Å². The minimum Gasteiger partial charge on any atom is -0.491 e. The van der Waals surface area contributed by atoms with Crippen molar-refractivity contribution in [2.45, 2.75) is 20.0 Å². The van der Waals surface area contributed by atoms with Crippen LogP contribution in [0, 0.1) is 0 Å². The van der Waals surface area contributed by atoms with E-state index >= 15 is 0 Å². The Labute approximate surface area is 133 Å². The molecule has 3 nitrogen and oxygen atoms in total. The van der Waals surface area contributed by atoms with E-state index < -0.39 is 6.10 Å². The first-order valence-electron chi connectivity index (χ1n) is 8.02. The van der Waals surface area contributed by atoms with Gasteiger partial charge in [0.25, 0.3) is 0 Å². The van der Waals surface area contributed by atoms with Crippen molar-refractivity contribution in [3.05, 3.63) is 54.6 Å². The van der Waals surface area contributed by atoms with Gasteiger partial charge in [0.05, 0.1) is 13.1 Å². The highest BCUT2D eigenvalue weighted by Gasteiger charge is 2.12. The van der Waals surface area contributed by atoms with Crippen molar-refractivity contribution in [1.82, 2.24) is 0 Å². The lowest BCUT2D eigenvalue weighted by atomic mass is 10.1. The Kier molecular flexibility index (Phi) is 6.44. The zero-order valence-corrected chi connectivity index (χ0v) is 13.5. The van der Waals surface area contributed by atoms with Crippen LogP contribution in [0.4, 0.5) is 0 Å². The molecule has 0 saturated heterocycles. The molecule has 0 saturated carbocycles. The van der Waals surface area contributed by atoms with Crippen LogP contribution in [0.2, 0.25) is 0 Å². The van der Waals surface area contributed by atoms with Crippen LogP contribution in [0.5, 0.6) is 5.75 Å². The number of rotatable bonds is 8. The Morgan fingerprint density at radius 3 is 2.09 bits per heavy atom. The van der Waals surface area contributed by atoms with E-state index in [1.807, 2.05) is 42.5 Å². The summed E-state index contributed by atoms with van der Waals surface area (Å²) >= 11 is 0. The van der Waals surface area contributed by atoms with Crippen LogP contribution < -0.4 is 9.64 Å². The lowest BCUT2D eigenvalue weighted by Crippen LogP contribution is -3.12.